The van der Waals surface area contributed by atoms with Crippen molar-refractivity contribution in [1.82, 2.24) is 9.88 Å². The van der Waals surface area contributed by atoms with Crippen LogP contribution in [0, 0.1) is 25.2 Å². The van der Waals surface area contributed by atoms with Gasteiger partial charge in [0.25, 0.3) is 0 Å². The third-order valence-corrected chi connectivity index (χ3v) is 7.94. The first kappa shape index (κ1) is 28.7. The van der Waals surface area contributed by atoms with Crippen LogP contribution in [0.4, 0.5) is 11.4 Å². The van der Waals surface area contributed by atoms with Crippen LogP contribution in [-0.4, -0.2) is 34.7 Å². The van der Waals surface area contributed by atoms with Gasteiger partial charge < -0.3 is 20.6 Å². The van der Waals surface area contributed by atoms with E-state index in [9.17, 15) is 5.11 Å². The Balaban J connectivity index is 1.73. The summed E-state index contributed by atoms with van der Waals surface area (Å²) in [4.78, 5) is 6.79. The number of aryl methyl sites for hydroxylation is 1. The molecule has 7 nitrogen and oxygen atoms in total. The Kier molecular flexibility index (Phi) is 8.14. The Hall–Kier alpha value is -3.29. The molecule has 3 aromatic rings. The van der Waals surface area contributed by atoms with Crippen LogP contribution in [0.1, 0.15) is 74.0 Å². The van der Waals surface area contributed by atoms with Gasteiger partial charge in [0.2, 0.25) is 5.88 Å². The largest absolute Gasteiger partial charge is 0.493 e. The predicted molar refractivity (Wildman–Crippen MR) is 160 cm³/mol. The van der Waals surface area contributed by atoms with E-state index in [2.05, 4.69) is 82.6 Å². The average molecular weight is 532 g/mol. The third-order valence-electron chi connectivity index (χ3n) is 7.94. The maximum Gasteiger partial charge on any atom is 0.211 e. The Morgan fingerprint density at radius 1 is 1.13 bits per heavy atom. The molecule has 2 aromatic carbocycles. The molecule has 4 rings (SSSR count). The number of benzene rings is 2. The molecule has 1 aliphatic heterocycles. The molecule has 0 radical (unpaired) electrons. The molecule has 0 bridgehead atoms. The van der Waals surface area contributed by atoms with Crippen molar-refractivity contribution in [2.45, 2.75) is 73.6 Å². The third kappa shape index (κ3) is 6.15. The van der Waals surface area contributed by atoms with Crippen molar-refractivity contribution in [3.63, 3.8) is 0 Å². The fourth-order valence-electron chi connectivity index (χ4n) is 5.68. The molecule has 0 spiro atoms. The molecule has 7 heteroatoms. The summed E-state index contributed by atoms with van der Waals surface area (Å²) in [5.41, 5.74) is 14.9. The second-order valence-electron chi connectivity index (χ2n) is 12.5. The van der Waals surface area contributed by atoms with Crippen molar-refractivity contribution >= 4 is 11.4 Å². The number of nitrogens with zero attached hydrogens (tertiary/aromatic N) is 3. The number of rotatable bonds is 6. The van der Waals surface area contributed by atoms with Gasteiger partial charge in [-0.1, -0.05) is 58.9 Å². The van der Waals surface area contributed by atoms with Crippen LogP contribution in [-0.2, 0) is 13.1 Å². The van der Waals surface area contributed by atoms with Gasteiger partial charge in [-0.2, -0.15) is 0 Å². The van der Waals surface area contributed by atoms with E-state index in [1.54, 1.807) is 11.1 Å². The van der Waals surface area contributed by atoms with E-state index in [1.165, 1.54) is 22.3 Å². The van der Waals surface area contributed by atoms with Crippen LogP contribution >= 0.6 is 0 Å². The van der Waals surface area contributed by atoms with Gasteiger partial charge in [-0.3, -0.25) is 4.90 Å². The van der Waals surface area contributed by atoms with Crippen LogP contribution in [0.15, 0.2) is 42.5 Å². The second kappa shape index (κ2) is 11.1. The number of pyridine rings is 1. The molecule has 0 aliphatic carbocycles. The number of aromatic nitrogens is 1. The summed E-state index contributed by atoms with van der Waals surface area (Å²) in [6.45, 7) is 17.6. The Bertz CT molecular complexity index is 1330. The van der Waals surface area contributed by atoms with Gasteiger partial charge in [-0.25, -0.2) is 10.8 Å². The number of fused-ring (bicyclic) bond motifs is 1. The summed E-state index contributed by atoms with van der Waals surface area (Å²) in [5.74, 6) is 7.30. The molecule has 1 aromatic heterocycles. The highest BCUT2D eigenvalue weighted by Crippen LogP contribution is 2.44. The van der Waals surface area contributed by atoms with Crippen LogP contribution in [0.5, 0.6) is 11.6 Å². The minimum absolute atomic E-state index is 0.0213. The quantitative estimate of drug-likeness (QED) is 0.207. The lowest BCUT2D eigenvalue weighted by Crippen LogP contribution is -2.36. The van der Waals surface area contributed by atoms with Crippen LogP contribution in [0.2, 0.25) is 0 Å². The van der Waals surface area contributed by atoms with E-state index in [4.69, 9.17) is 16.3 Å². The Morgan fingerprint density at radius 3 is 2.49 bits per heavy atom. The zero-order chi connectivity index (χ0) is 28.6. The van der Waals surface area contributed by atoms with Crippen LogP contribution in [0.3, 0.4) is 0 Å². The summed E-state index contributed by atoms with van der Waals surface area (Å²) in [7, 11) is 1.81. The van der Waals surface area contributed by atoms with E-state index < -0.39 is 0 Å². The van der Waals surface area contributed by atoms with Gasteiger partial charge in [-0.05, 0) is 65.1 Å². The topological polar surface area (TPSA) is 101 Å². The number of hydrogen-bond donors (Lipinski definition) is 3. The number of hydrogen-bond acceptors (Lipinski definition) is 7. The highest BCUT2D eigenvalue weighted by molar-refractivity contribution is 5.72. The molecule has 0 saturated carbocycles. The SMILES string of the molecule is Cc1ccc(C(c2ccc(N(C)N)c(N)c2C)C(C)(C)C)cc1CN1Cc2nc(O)ccc2OC(C(C)C)C1. The molecule has 210 valence electrons. The van der Waals surface area contributed by atoms with E-state index in [0.29, 0.717) is 12.5 Å². The normalized spacial score (nSPS) is 16.9. The Labute approximate surface area is 233 Å². The van der Waals surface area contributed by atoms with Crippen molar-refractivity contribution < 1.29 is 9.84 Å². The minimum Gasteiger partial charge on any atom is -0.493 e. The number of aromatic hydroxyl groups is 1. The van der Waals surface area contributed by atoms with E-state index in [0.717, 1.165) is 41.5 Å². The monoisotopic (exact) mass is 531 g/mol. The molecule has 0 amide bonds. The fourth-order valence-corrected chi connectivity index (χ4v) is 5.68. The zero-order valence-electron chi connectivity index (χ0n) is 24.7. The molecule has 0 saturated heterocycles. The van der Waals surface area contributed by atoms with E-state index >= 15 is 0 Å². The van der Waals surface area contributed by atoms with Gasteiger partial charge in [-0.15, -0.1) is 0 Å². The lowest BCUT2D eigenvalue weighted by atomic mass is 9.71. The zero-order valence-corrected chi connectivity index (χ0v) is 24.7. The molecule has 39 heavy (non-hydrogen) atoms. The maximum absolute atomic E-state index is 10.0. The van der Waals surface area contributed by atoms with Crippen molar-refractivity contribution in [2.75, 3.05) is 24.3 Å². The van der Waals surface area contributed by atoms with Crippen LogP contribution < -0.4 is 21.3 Å². The van der Waals surface area contributed by atoms with Gasteiger partial charge in [0.1, 0.15) is 17.5 Å². The number of hydrazine groups is 1. The van der Waals surface area contributed by atoms with Crippen LogP contribution in [0.25, 0.3) is 0 Å². The molecule has 0 fully saturated rings. The molecule has 5 N–H and O–H groups in total. The predicted octanol–water partition coefficient (Wildman–Crippen LogP) is 5.89. The molecule has 2 heterocycles. The highest BCUT2D eigenvalue weighted by Gasteiger charge is 2.31. The van der Waals surface area contributed by atoms with Gasteiger partial charge in [0.15, 0.2) is 0 Å². The van der Waals surface area contributed by atoms with Gasteiger partial charge in [0, 0.05) is 38.7 Å². The maximum atomic E-state index is 10.0. The first-order valence-electron chi connectivity index (χ1n) is 13.8. The lowest BCUT2D eigenvalue weighted by molar-refractivity contribution is 0.106. The first-order valence-corrected chi connectivity index (χ1v) is 13.8. The number of ether oxygens (including phenoxy) is 1. The number of nitrogens with two attached hydrogens (primary N) is 2. The molecule has 2 unspecified atom stereocenters. The summed E-state index contributed by atoms with van der Waals surface area (Å²) in [6, 6.07) is 14.5. The smallest absolute Gasteiger partial charge is 0.211 e. The summed E-state index contributed by atoms with van der Waals surface area (Å²) >= 11 is 0. The van der Waals surface area contributed by atoms with Crippen molar-refractivity contribution in [3.05, 3.63) is 76.0 Å². The molecular weight excluding hydrogens is 486 g/mol. The minimum atomic E-state index is -0.0422. The van der Waals surface area contributed by atoms with Crippen molar-refractivity contribution in [3.8, 4) is 11.6 Å². The summed E-state index contributed by atoms with van der Waals surface area (Å²) < 4.78 is 6.35. The summed E-state index contributed by atoms with van der Waals surface area (Å²) in [6.07, 6.45) is 0.0354. The summed E-state index contributed by atoms with van der Waals surface area (Å²) in [5, 5.41) is 11.6. The number of anilines is 2. The van der Waals surface area contributed by atoms with Crippen molar-refractivity contribution in [2.24, 2.45) is 17.2 Å². The van der Waals surface area contributed by atoms with Crippen molar-refractivity contribution in [1.29, 1.82) is 0 Å². The highest BCUT2D eigenvalue weighted by atomic mass is 16.5. The van der Waals surface area contributed by atoms with Gasteiger partial charge >= 0.3 is 0 Å². The molecular formula is C32H45N5O2. The van der Waals surface area contributed by atoms with E-state index in [-0.39, 0.29) is 23.3 Å². The molecule has 2 atom stereocenters. The second-order valence-corrected chi connectivity index (χ2v) is 12.5. The average Bonchev–Trinajstić information content (AvgIpc) is 3.01. The number of nitrogen functional groups attached to an aromatic ring is 1. The first-order chi connectivity index (χ1) is 18.3. The lowest BCUT2D eigenvalue weighted by Gasteiger charge is -2.34. The Morgan fingerprint density at radius 2 is 1.85 bits per heavy atom. The standard InChI is InChI=1S/C32H45N5O2/c1-19(2)28-18-37(17-25-27(39-28)13-14-29(38)35-25)16-23-15-22(10-9-20(23)3)30(32(5,6)7)24-11-12-26(36(8)34)31(33)21(24)4/h9-15,19,28,30H,16-18,33-34H2,1-8H3,(H,35,38). The fraction of sp³-hybridized carbons (Fsp3) is 0.469. The van der Waals surface area contributed by atoms with Gasteiger partial charge in [0.05, 0.1) is 11.4 Å². The molecule has 1 aliphatic rings. The van der Waals surface area contributed by atoms with E-state index in [1.807, 2.05) is 19.2 Å².